The number of hydrogen-bond acceptors (Lipinski definition) is 4. The fourth-order valence-corrected chi connectivity index (χ4v) is 5.44. The Morgan fingerprint density at radius 1 is 1.15 bits per heavy atom. The topological polar surface area (TPSA) is 69.7 Å². The molecular weight excluding hydrogens is 491 g/mol. The van der Waals surface area contributed by atoms with Crippen LogP contribution in [-0.4, -0.2) is 44.6 Å². The number of halogens is 4. The number of carbonyl (C=O) groups excluding carboxylic acids is 1. The van der Waals surface area contributed by atoms with Gasteiger partial charge in [-0.25, -0.2) is 8.42 Å². The second kappa shape index (κ2) is 10.5. The maximum Gasteiger partial charge on any atom is 0.417 e. The van der Waals surface area contributed by atoms with Crippen molar-refractivity contribution in [3.05, 3.63) is 64.2 Å². The Bertz CT molecular complexity index is 1140. The van der Waals surface area contributed by atoms with Gasteiger partial charge < -0.3 is 5.32 Å². The molecule has 1 N–H and O–H groups in total. The summed E-state index contributed by atoms with van der Waals surface area (Å²) in [4.78, 5) is 15.2. The lowest BCUT2D eigenvalue weighted by molar-refractivity contribution is -0.137. The molecule has 1 aliphatic rings. The maximum absolute atomic E-state index is 13.3. The highest BCUT2D eigenvalue weighted by Gasteiger charge is 2.36. The van der Waals surface area contributed by atoms with Crippen molar-refractivity contribution < 1.29 is 26.4 Å². The number of carbonyl (C=O) groups is 1. The summed E-state index contributed by atoms with van der Waals surface area (Å²) in [5.41, 5.74) is 0.478. The molecule has 1 atom stereocenters. The fraction of sp³-hybridized carbons (Fsp3) is 0.435. The molecule has 0 aromatic heterocycles. The minimum atomic E-state index is -4.78. The van der Waals surface area contributed by atoms with E-state index in [0.717, 1.165) is 49.1 Å². The largest absolute Gasteiger partial charge is 0.417 e. The Morgan fingerprint density at radius 2 is 1.79 bits per heavy atom. The van der Waals surface area contributed by atoms with Crippen LogP contribution in [0.15, 0.2) is 42.5 Å². The van der Waals surface area contributed by atoms with Gasteiger partial charge in [-0.1, -0.05) is 35.9 Å². The highest BCUT2D eigenvalue weighted by atomic mass is 35.5. The summed E-state index contributed by atoms with van der Waals surface area (Å²) in [5, 5.41) is 2.13. The van der Waals surface area contributed by atoms with Crippen LogP contribution in [0.5, 0.6) is 0 Å². The molecule has 0 spiro atoms. The van der Waals surface area contributed by atoms with E-state index in [4.69, 9.17) is 11.6 Å². The van der Waals surface area contributed by atoms with E-state index in [1.54, 1.807) is 0 Å². The minimum Gasteiger partial charge on any atom is -0.350 e. The highest BCUT2D eigenvalue weighted by molar-refractivity contribution is 7.92. The zero-order chi connectivity index (χ0) is 25.1. The molecule has 11 heteroatoms. The molecule has 0 radical (unpaired) electrons. The van der Waals surface area contributed by atoms with E-state index in [1.807, 2.05) is 24.3 Å². The van der Waals surface area contributed by atoms with Crippen molar-refractivity contribution in [2.45, 2.75) is 45.1 Å². The van der Waals surface area contributed by atoms with Gasteiger partial charge in [0.05, 0.1) is 22.5 Å². The van der Waals surface area contributed by atoms with Gasteiger partial charge in [0.2, 0.25) is 15.9 Å². The third kappa shape index (κ3) is 6.64. The van der Waals surface area contributed by atoms with E-state index < -0.39 is 38.7 Å². The first kappa shape index (κ1) is 26.3. The van der Waals surface area contributed by atoms with Crippen molar-refractivity contribution in [1.82, 2.24) is 10.2 Å². The summed E-state index contributed by atoms with van der Waals surface area (Å²) >= 11 is 5.66. The number of nitrogens with zero attached hydrogens (tertiary/aromatic N) is 2. The Hall–Kier alpha value is -2.30. The molecule has 1 unspecified atom stereocenters. The molecule has 186 valence electrons. The molecule has 1 heterocycles. The first-order valence-corrected chi connectivity index (χ1v) is 13.0. The Balaban J connectivity index is 1.75. The predicted molar refractivity (Wildman–Crippen MR) is 126 cm³/mol. The number of nitrogens with one attached hydrogen (secondary N) is 1. The average molecular weight is 518 g/mol. The molecule has 2 aromatic carbocycles. The fourth-order valence-electron chi connectivity index (χ4n) is 4.05. The number of sulfonamides is 1. The Morgan fingerprint density at radius 3 is 2.41 bits per heavy atom. The van der Waals surface area contributed by atoms with Crippen molar-refractivity contribution in [3.63, 3.8) is 0 Å². The smallest absolute Gasteiger partial charge is 0.350 e. The van der Waals surface area contributed by atoms with Gasteiger partial charge in [0.1, 0.15) is 6.04 Å². The lowest BCUT2D eigenvalue weighted by Crippen LogP contribution is -2.47. The maximum atomic E-state index is 13.3. The van der Waals surface area contributed by atoms with Crippen LogP contribution in [0.4, 0.5) is 18.9 Å². The molecule has 34 heavy (non-hydrogen) atoms. The van der Waals surface area contributed by atoms with Crippen LogP contribution in [0.1, 0.15) is 36.5 Å². The van der Waals surface area contributed by atoms with Crippen molar-refractivity contribution in [1.29, 1.82) is 0 Å². The van der Waals surface area contributed by atoms with Crippen LogP contribution in [-0.2, 0) is 34.1 Å². The van der Waals surface area contributed by atoms with E-state index in [0.29, 0.717) is 10.4 Å². The second-order valence-electron chi connectivity index (χ2n) is 8.42. The van der Waals surface area contributed by atoms with Crippen LogP contribution in [0.3, 0.4) is 0 Å². The van der Waals surface area contributed by atoms with Crippen molar-refractivity contribution in [2.24, 2.45) is 0 Å². The molecule has 1 amide bonds. The second-order valence-corrected chi connectivity index (χ2v) is 10.7. The third-order valence-corrected chi connectivity index (χ3v) is 7.23. The summed E-state index contributed by atoms with van der Waals surface area (Å²) in [6, 6.07) is 9.19. The van der Waals surface area contributed by atoms with Gasteiger partial charge in [0, 0.05) is 13.1 Å². The van der Waals surface area contributed by atoms with E-state index in [1.165, 1.54) is 19.8 Å². The number of rotatable bonds is 8. The number of alkyl halides is 3. The number of amides is 1. The number of benzene rings is 2. The minimum absolute atomic E-state index is 0.156. The quantitative estimate of drug-likeness (QED) is 0.562. The molecule has 2 aromatic rings. The third-order valence-electron chi connectivity index (χ3n) is 5.66. The average Bonchev–Trinajstić information content (AvgIpc) is 3.24. The normalized spacial score (nSPS) is 15.8. The van der Waals surface area contributed by atoms with Crippen LogP contribution in [0, 0.1) is 0 Å². The Kier molecular flexibility index (Phi) is 8.15. The van der Waals surface area contributed by atoms with Crippen molar-refractivity contribution in [2.75, 3.05) is 23.7 Å². The predicted octanol–water partition coefficient (Wildman–Crippen LogP) is 4.43. The van der Waals surface area contributed by atoms with Gasteiger partial charge in [-0.15, -0.1) is 0 Å². The highest BCUT2D eigenvalue weighted by Crippen LogP contribution is 2.37. The lowest BCUT2D eigenvalue weighted by atomic mass is 10.1. The SMILES string of the molecule is CC(C(=O)NCc1cccc(CN2CCCC2)c1)N(c1ccc(Cl)c(C(F)(F)F)c1)S(C)(=O)=O. The number of anilines is 1. The van der Waals surface area contributed by atoms with Gasteiger partial charge >= 0.3 is 6.18 Å². The number of hydrogen-bond donors (Lipinski definition) is 1. The monoisotopic (exact) mass is 517 g/mol. The molecule has 0 aliphatic carbocycles. The summed E-state index contributed by atoms with van der Waals surface area (Å²) in [6.07, 6.45) is -1.58. The lowest BCUT2D eigenvalue weighted by Gasteiger charge is -2.29. The standard InChI is InChI=1S/C23H27ClF3N3O3S/c1-16(30(34(2,32)33)19-8-9-21(24)20(13-19)23(25,26)27)22(31)28-14-17-6-5-7-18(12-17)15-29-10-3-4-11-29/h5-9,12-13,16H,3-4,10-11,14-15H2,1-2H3,(H,28,31). The summed E-state index contributed by atoms with van der Waals surface area (Å²) in [6.45, 7) is 4.41. The van der Waals surface area contributed by atoms with Gasteiger partial charge in [-0.05, 0) is 62.2 Å². The molecule has 0 bridgehead atoms. The molecule has 3 rings (SSSR count). The zero-order valence-electron chi connectivity index (χ0n) is 18.9. The van der Waals surface area contributed by atoms with E-state index in [-0.39, 0.29) is 12.2 Å². The summed E-state index contributed by atoms with van der Waals surface area (Å²) in [5.74, 6) is -0.640. The molecule has 1 aliphatic heterocycles. The molecular formula is C23H27ClF3N3O3S. The zero-order valence-corrected chi connectivity index (χ0v) is 20.5. The number of likely N-dealkylation sites (tertiary alicyclic amines) is 1. The van der Waals surface area contributed by atoms with Gasteiger partial charge in [-0.3, -0.25) is 14.0 Å². The summed E-state index contributed by atoms with van der Waals surface area (Å²) in [7, 11) is -4.08. The van der Waals surface area contributed by atoms with Crippen molar-refractivity contribution in [3.8, 4) is 0 Å². The first-order valence-electron chi connectivity index (χ1n) is 10.8. The Labute approximate surface area is 202 Å². The van der Waals surface area contributed by atoms with Crippen molar-refractivity contribution >= 4 is 33.2 Å². The van der Waals surface area contributed by atoms with E-state index >= 15 is 0 Å². The van der Waals surface area contributed by atoms with Gasteiger partial charge in [-0.2, -0.15) is 13.2 Å². The van der Waals surface area contributed by atoms with Crippen LogP contribution in [0.2, 0.25) is 5.02 Å². The van der Waals surface area contributed by atoms with Gasteiger partial charge in [0.25, 0.3) is 0 Å². The van der Waals surface area contributed by atoms with Crippen LogP contribution >= 0.6 is 11.6 Å². The van der Waals surface area contributed by atoms with E-state index in [9.17, 15) is 26.4 Å². The van der Waals surface area contributed by atoms with Crippen LogP contribution < -0.4 is 9.62 Å². The van der Waals surface area contributed by atoms with Gasteiger partial charge in [0.15, 0.2) is 0 Å². The van der Waals surface area contributed by atoms with Crippen LogP contribution in [0.25, 0.3) is 0 Å². The molecule has 6 nitrogen and oxygen atoms in total. The molecule has 1 saturated heterocycles. The summed E-state index contributed by atoms with van der Waals surface area (Å²) < 4.78 is 65.4. The molecule has 1 fully saturated rings. The molecule has 0 saturated carbocycles. The van der Waals surface area contributed by atoms with E-state index in [2.05, 4.69) is 10.2 Å². The first-order chi connectivity index (χ1) is 15.9.